The van der Waals surface area contributed by atoms with Gasteiger partial charge in [-0.25, -0.2) is 9.78 Å². The molecule has 0 spiro atoms. The van der Waals surface area contributed by atoms with Crippen LogP contribution in [-0.4, -0.2) is 40.2 Å². The fourth-order valence-electron chi connectivity index (χ4n) is 2.09. The highest BCUT2D eigenvalue weighted by Gasteiger charge is 2.23. The first-order valence-corrected chi connectivity index (χ1v) is 5.82. The van der Waals surface area contributed by atoms with Crippen molar-refractivity contribution in [2.45, 2.75) is 25.8 Å². The lowest BCUT2D eigenvalue weighted by atomic mass is 10.1. The normalized spacial score (nSPS) is 20.1. The first kappa shape index (κ1) is 11.7. The Hall–Kier alpha value is -1.78. The van der Waals surface area contributed by atoms with Gasteiger partial charge in [0.25, 0.3) is 0 Å². The van der Waals surface area contributed by atoms with Crippen molar-refractivity contribution in [2.24, 2.45) is 0 Å². The Balaban J connectivity index is 1.97. The molecule has 1 fully saturated rings. The minimum Gasteiger partial charge on any atom is -0.465 e. The quantitative estimate of drug-likeness (QED) is 0.822. The molecular formula is C12H17N3O2. The molecule has 0 radical (unpaired) electrons. The lowest BCUT2D eigenvalue weighted by Crippen LogP contribution is -2.44. The van der Waals surface area contributed by atoms with E-state index in [-0.39, 0.29) is 6.04 Å². The van der Waals surface area contributed by atoms with Crippen LogP contribution < -0.4 is 5.32 Å². The fourth-order valence-corrected chi connectivity index (χ4v) is 2.09. The van der Waals surface area contributed by atoms with Crippen molar-refractivity contribution in [1.82, 2.24) is 9.88 Å². The van der Waals surface area contributed by atoms with Gasteiger partial charge in [0.15, 0.2) is 0 Å². The maximum absolute atomic E-state index is 10.9. The number of aryl methyl sites for hydroxylation is 1. The van der Waals surface area contributed by atoms with Crippen molar-refractivity contribution in [3.05, 3.63) is 23.9 Å². The summed E-state index contributed by atoms with van der Waals surface area (Å²) in [5.41, 5.74) is 1.15. The van der Waals surface area contributed by atoms with Gasteiger partial charge in [0.05, 0.1) is 0 Å². The average molecular weight is 235 g/mol. The van der Waals surface area contributed by atoms with E-state index in [1.807, 2.05) is 19.1 Å². The van der Waals surface area contributed by atoms with Gasteiger partial charge in [-0.15, -0.1) is 0 Å². The van der Waals surface area contributed by atoms with Gasteiger partial charge in [-0.1, -0.05) is 0 Å². The van der Waals surface area contributed by atoms with Gasteiger partial charge in [-0.3, -0.25) is 0 Å². The zero-order valence-electron chi connectivity index (χ0n) is 9.89. The zero-order chi connectivity index (χ0) is 12.3. The minimum absolute atomic E-state index is 0.161. The molecule has 1 atom stereocenters. The SMILES string of the molecule is Cc1ccnc(N[C@@H]2CCCN(C(=O)O)C2)c1. The predicted molar refractivity (Wildman–Crippen MR) is 65.2 cm³/mol. The maximum atomic E-state index is 10.9. The van der Waals surface area contributed by atoms with Crippen LogP contribution in [0.4, 0.5) is 10.6 Å². The summed E-state index contributed by atoms with van der Waals surface area (Å²) in [5, 5.41) is 12.2. The first-order valence-electron chi connectivity index (χ1n) is 5.82. The minimum atomic E-state index is -0.839. The molecule has 0 saturated carbocycles. The number of hydrogen-bond acceptors (Lipinski definition) is 3. The third kappa shape index (κ3) is 3.09. The van der Waals surface area contributed by atoms with Gasteiger partial charge >= 0.3 is 6.09 Å². The summed E-state index contributed by atoms with van der Waals surface area (Å²) >= 11 is 0. The lowest BCUT2D eigenvalue weighted by molar-refractivity contribution is 0.133. The van der Waals surface area contributed by atoms with Crippen molar-refractivity contribution in [1.29, 1.82) is 0 Å². The summed E-state index contributed by atoms with van der Waals surface area (Å²) in [6, 6.07) is 4.07. The maximum Gasteiger partial charge on any atom is 0.407 e. The Morgan fingerprint density at radius 1 is 1.65 bits per heavy atom. The highest BCUT2D eigenvalue weighted by molar-refractivity contribution is 5.65. The Kier molecular flexibility index (Phi) is 3.46. The largest absolute Gasteiger partial charge is 0.465 e. The molecule has 2 rings (SSSR count). The van der Waals surface area contributed by atoms with E-state index in [9.17, 15) is 4.79 Å². The van der Waals surface area contributed by atoms with Gasteiger partial charge in [-0.2, -0.15) is 0 Å². The monoisotopic (exact) mass is 235 g/mol. The molecule has 92 valence electrons. The van der Waals surface area contributed by atoms with Crippen molar-refractivity contribution >= 4 is 11.9 Å². The Morgan fingerprint density at radius 2 is 2.47 bits per heavy atom. The molecule has 1 aliphatic heterocycles. The van der Waals surface area contributed by atoms with Crippen LogP contribution >= 0.6 is 0 Å². The first-order chi connectivity index (χ1) is 8.15. The van der Waals surface area contributed by atoms with Crippen LogP contribution in [-0.2, 0) is 0 Å². The average Bonchev–Trinajstić information content (AvgIpc) is 2.29. The second-order valence-electron chi connectivity index (χ2n) is 4.43. The summed E-state index contributed by atoms with van der Waals surface area (Å²) in [7, 11) is 0. The van der Waals surface area contributed by atoms with Gasteiger partial charge in [-0.05, 0) is 37.5 Å². The van der Waals surface area contributed by atoms with Crippen molar-refractivity contribution in [3.63, 3.8) is 0 Å². The molecule has 0 bridgehead atoms. The Morgan fingerprint density at radius 3 is 3.18 bits per heavy atom. The summed E-state index contributed by atoms with van der Waals surface area (Å²) in [6.07, 6.45) is 2.80. The van der Waals surface area contributed by atoms with Crippen LogP contribution in [0.1, 0.15) is 18.4 Å². The number of nitrogens with zero attached hydrogens (tertiary/aromatic N) is 2. The molecule has 2 N–H and O–H groups in total. The lowest BCUT2D eigenvalue weighted by Gasteiger charge is -2.31. The molecule has 2 heterocycles. The Bertz CT molecular complexity index is 408. The molecule has 0 aliphatic carbocycles. The van der Waals surface area contributed by atoms with Crippen LogP contribution in [0.15, 0.2) is 18.3 Å². The van der Waals surface area contributed by atoms with Crippen LogP contribution in [0.25, 0.3) is 0 Å². The van der Waals surface area contributed by atoms with E-state index in [1.54, 1.807) is 6.20 Å². The van der Waals surface area contributed by atoms with Gasteiger partial charge in [0, 0.05) is 25.3 Å². The van der Waals surface area contributed by atoms with E-state index >= 15 is 0 Å². The number of pyridine rings is 1. The number of likely N-dealkylation sites (tertiary alicyclic amines) is 1. The molecule has 0 unspecified atom stereocenters. The summed E-state index contributed by atoms with van der Waals surface area (Å²) < 4.78 is 0. The topological polar surface area (TPSA) is 65.5 Å². The number of hydrogen-bond donors (Lipinski definition) is 2. The molecule has 5 heteroatoms. The summed E-state index contributed by atoms with van der Waals surface area (Å²) in [4.78, 5) is 16.6. The van der Waals surface area contributed by atoms with Gasteiger partial charge < -0.3 is 15.3 Å². The van der Waals surface area contributed by atoms with E-state index in [0.29, 0.717) is 13.1 Å². The molecular weight excluding hydrogens is 218 g/mol. The van der Waals surface area contributed by atoms with E-state index in [2.05, 4.69) is 10.3 Å². The van der Waals surface area contributed by atoms with Gasteiger partial charge in [0.1, 0.15) is 5.82 Å². The third-order valence-corrected chi connectivity index (χ3v) is 2.96. The fraction of sp³-hybridized carbons (Fsp3) is 0.500. The number of aromatic nitrogens is 1. The number of anilines is 1. The van der Waals surface area contributed by atoms with E-state index < -0.39 is 6.09 Å². The molecule has 5 nitrogen and oxygen atoms in total. The molecule has 0 aromatic carbocycles. The highest BCUT2D eigenvalue weighted by atomic mass is 16.4. The molecule has 1 aromatic rings. The van der Waals surface area contributed by atoms with E-state index in [1.165, 1.54) is 4.90 Å². The molecule has 1 saturated heterocycles. The van der Waals surface area contributed by atoms with E-state index in [4.69, 9.17) is 5.11 Å². The van der Waals surface area contributed by atoms with E-state index in [0.717, 1.165) is 24.2 Å². The number of carbonyl (C=O) groups is 1. The van der Waals surface area contributed by atoms with Crippen molar-refractivity contribution in [2.75, 3.05) is 18.4 Å². The third-order valence-electron chi connectivity index (χ3n) is 2.96. The van der Waals surface area contributed by atoms with Gasteiger partial charge in [0.2, 0.25) is 0 Å². The number of carboxylic acid groups (broad SMARTS) is 1. The molecule has 1 aliphatic rings. The predicted octanol–water partition coefficient (Wildman–Crippen LogP) is 1.94. The van der Waals surface area contributed by atoms with Crippen LogP contribution in [0.5, 0.6) is 0 Å². The summed E-state index contributed by atoms with van der Waals surface area (Å²) in [5.74, 6) is 0.822. The molecule has 1 aromatic heterocycles. The zero-order valence-corrected chi connectivity index (χ0v) is 9.89. The summed E-state index contributed by atoms with van der Waals surface area (Å²) in [6.45, 7) is 3.18. The number of amides is 1. The number of nitrogens with one attached hydrogen (secondary N) is 1. The van der Waals surface area contributed by atoms with Crippen LogP contribution in [0, 0.1) is 6.92 Å². The van der Waals surface area contributed by atoms with Crippen LogP contribution in [0.3, 0.4) is 0 Å². The Labute approximate surface area is 100 Å². The molecule has 17 heavy (non-hydrogen) atoms. The number of rotatable bonds is 2. The number of piperidine rings is 1. The standard InChI is InChI=1S/C12H17N3O2/c1-9-4-5-13-11(7-9)14-10-3-2-6-15(8-10)12(16)17/h4-5,7,10H,2-3,6,8H2,1H3,(H,13,14)(H,16,17)/t10-/m1/s1. The second kappa shape index (κ2) is 5.03. The van der Waals surface area contributed by atoms with Crippen molar-refractivity contribution < 1.29 is 9.90 Å². The second-order valence-corrected chi connectivity index (χ2v) is 4.43. The van der Waals surface area contributed by atoms with Crippen LogP contribution in [0.2, 0.25) is 0 Å². The molecule has 1 amide bonds. The van der Waals surface area contributed by atoms with Crippen molar-refractivity contribution in [3.8, 4) is 0 Å². The highest BCUT2D eigenvalue weighted by Crippen LogP contribution is 2.15. The smallest absolute Gasteiger partial charge is 0.407 e.